The Morgan fingerprint density at radius 1 is 1.36 bits per heavy atom. The Hall–Kier alpha value is -1.18. The maximum atomic E-state index is 5.65. The Bertz CT molecular complexity index is 294. The van der Waals surface area contributed by atoms with Crippen LogP contribution in [0.25, 0.3) is 0 Å². The Labute approximate surface area is 86.3 Å². The molecule has 0 unspecified atom stereocenters. The molecule has 0 atom stereocenters. The molecule has 1 N–H and O–H groups in total. The topological polar surface area (TPSA) is 21.3 Å². The second-order valence-electron chi connectivity index (χ2n) is 3.68. The summed E-state index contributed by atoms with van der Waals surface area (Å²) < 4.78 is 5.65. The molecule has 0 aromatic heterocycles. The minimum Gasteiger partial charge on any atom is -0.491 e. The van der Waals surface area contributed by atoms with Crippen LogP contribution in [0.2, 0.25) is 0 Å². The van der Waals surface area contributed by atoms with Crippen molar-refractivity contribution in [3.63, 3.8) is 0 Å². The van der Waals surface area contributed by atoms with Crippen LogP contribution in [0, 0.1) is 6.92 Å². The lowest BCUT2D eigenvalue weighted by Gasteiger charge is -2.13. The Morgan fingerprint density at radius 3 is 2.57 bits per heavy atom. The largest absolute Gasteiger partial charge is 0.491 e. The van der Waals surface area contributed by atoms with Crippen LogP contribution in [0.15, 0.2) is 18.2 Å². The monoisotopic (exact) mass is 193 g/mol. The molecule has 0 saturated heterocycles. The molecular formula is C12H19NO. The van der Waals surface area contributed by atoms with E-state index < -0.39 is 0 Å². The van der Waals surface area contributed by atoms with Crippen LogP contribution in [-0.2, 0) is 0 Å². The van der Waals surface area contributed by atoms with Gasteiger partial charge in [0.15, 0.2) is 0 Å². The fraction of sp³-hybridized carbons (Fsp3) is 0.500. The maximum absolute atomic E-state index is 5.65. The van der Waals surface area contributed by atoms with E-state index in [1.165, 1.54) is 5.56 Å². The number of benzene rings is 1. The van der Waals surface area contributed by atoms with E-state index in [9.17, 15) is 0 Å². The Balaban J connectivity index is 2.79. The highest BCUT2D eigenvalue weighted by Crippen LogP contribution is 2.22. The van der Waals surface area contributed by atoms with Crippen LogP contribution in [0.1, 0.15) is 26.3 Å². The normalized spacial score (nSPS) is 10.4. The maximum Gasteiger partial charge on any atom is 0.122 e. The molecule has 0 heterocycles. The van der Waals surface area contributed by atoms with E-state index in [2.05, 4.69) is 25.2 Å². The van der Waals surface area contributed by atoms with Crippen molar-refractivity contribution in [3.8, 4) is 5.75 Å². The zero-order chi connectivity index (χ0) is 10.6. The summed E-state index contributed by atoms with van der Waals surface area (Å²) >= 11 is 0. The SMILES string of the molecule is CCNc1ccc(OC(C)C)c(C)c1. The molecule has 0 radical (unpaired) electrons. The zero-order valence-corrected chi connectivity index (χ0v) is 9.42. The molecule has 0 bridgehead atoms. The van der Waals surface area contributed by atoms with Crippen molar-refractivity contribution in [2.45, 2.75) is 33.8 Å². The van der Waals surface area contributed by atoms with Gasteiger partial charge < -0.3 is 10.1 Å². The molecule has 2 nitrogen and oxygen atoms in total. The van der Waals surface area contributed by atoms with Gasteiger partial charge in [-0.25, -0.2) is 0 Å². The zero-order valence-electron chi connectivity index (χ0n) is 9.42. The van der Waals surface area contributed by atoms with Crippen LogP contribution in [0.5, 0.6) is 5.75 Å². The number of hydrogen-bond donors (Lipinski definition) is 1. The molecule has 0 amide bonds. The van der Waals surface area contributed by atoms with E-state index in [0.717, 1.165) is 18.0 Å². The van der Waals surface area contributed by atoms with Gasteiger partial charge in [0.05, 0.1) is 6.10 Å². The van der Waals surface area contributed by atoms with E-state index >= 15 is 0 Å². The first-order valence-corrected chi connectivity index (χ1v) is 5.14. The summed E-state index contributed by atoms with van der Waals surface area (Å²) in [5, 5.41) is 3.27. The van der Waals surface area contributed by atoms with Gasteiger partial charge >= 0.3 is 0 Å². The number of aryl methyl sites for hydroxylation is 1. The molecular weight excluding hydrogens is 174 g/mol. The number of rotatable bonds is 4. The quantitative estimate of drug-likeness (QED) is 0.792. The van der Waals surface area contributed by atoms with E-state index in [4.69, 9.17) is 4.74 Å². The summed E-state index contributed by atoms with van der Waals surface area (Å²) in [4.78, 5) is 0. The van der Waals surface area contributed by atoms with Gasteiger partial charge in [0, 0.05) is 12.2 Å². The van der Waals surface area contributed by atoms with Crippen molar-refractivity contribution in [1.82, 2.24) is 0 Å². The Morgan fingerprint density at radius 2 is 2.07 bits per heavy atom. The highest BCUT2D eigenvalue weighted by molar-refractivity contribution is 5.50. The number of nitrogens with one attached hydrogen (secondary N) is 1. The van der Waals surface area contributed by atoms with Crippen LogP contribution in [0.3, 0.4) is 0 Å². The molecule has 0 spiro atoms. The molecule has 1 rings (SSSR count). The van der Waals surface area contributed by atoms with Crippen molar-refractivity contribution >= 4 is 5.69 Å². The van der Waals surface area contributed by atoms with E-state index in [0.29, 0.717) is 0 Å². The fourth-order valence-electron chi connectivity index (χ4n) is 1.35. The minimum absolute atomic E-state index is 0.235. The third kappa shape index (κ3) is 2.95. The average molecular weight is 193 g/mol. The molecule has 78 valence electrons. The smallest absolute Gasteiger partial charge is 0.122 e. The first-order valence-electron chi connectivity index (χ1n) is 5.14. The van der Waals surface area contributed by atoms with Crippen molar-refractivity contribution in [2.24, 2.45) is 0 Å². The number of hydrogen-bond acceptors (Lipinski definition) is 2. The summed E-state index contributed by atoms with van der Waals surface area (Å²) in [6, 6.07) is 6.18. The lowest BCUT2D eigenvalue weighted by Crippen LogP contribution is -2.07. The third-order valence-corrected chi connectivity index (χ3v) is 1.92. The molecule has 0 aliphatic carbocycles. The van der Waals surface area contributed by atoms with Crippen LogP contribution in [-0.4, -0.2) is 12.6 Å². The van der Waals surface area contributed by atoms with Crippen molar-refractivity contribution in [2.75, 3.05) is 11.9 Å². The van der Waals surface area contributed by atoms with Gasteiger partial charge in [-0.05, 0) is 51.5 Å². The first-order chi connectivity index (χ1) is 6.63. The average Bonchev–Trinajstić information content (AvgIpc) is 2.10. The summed E-state index contributed by atoms with van der Waals surface area (Å²) in [7, 11) is 0. The molecule has 1 aromatic carbocycles. The van der Waals surface area contributed by atoms with Crippen LogP contribution in [0.4, 0.5) is 5.69 Å². The second kappa shape index (κ2) is 4.89. The first kappa shape index (κ1) is 10.9. The summed E-state index contributed by atoms with van der Waals surface area (Å²) in [5.74, 6) is 0.974. The lowest BCUT2D eigenvalue weighted by molar-refractivity contribution is 0.241. The number of ether oxygens (including phenoxy) is 1. The van der Waals surface area contributed by atoms with Gasteiger partial charge in [0.2, 0.25) is 0 Å². The standard InChI is InChI=1S/C12H19NO/c1-5-13-11-6-7-12(10(4)8-11)14-9(2)3/h6-9,13H,5H2,1-4H3. The van der Waals surface area contributed by atoms with Crippen LogP contribution >= 0.6 is 0 Å². The summed E-state index contributed by atoms with van der Waals surface area (Å²) in [6.07, 6.45) is 0.235. The molecule has 0 aliphatic heterocycles. The molecule has 0 saturated carbocycles. The molecule has 2 heteroatoms. The minimum atomic E-state index is 0.235. The third-order valence-electron chi connectivity index (χ3n) is 1.92. The Kier molecular flexibility index (Phi) is 3.81. The fourth-order valence-corrected chi connectivity index (χ4v) is 1.35. The van der Waals surface area contributed by atoms with E-state index in [-0.39, 0.29) is 6.10 Å². The van der Waals surface area contributed by atoms with Crippen molar-refractivity contribution < 1.29 is 4.74 Å². The molecule has 14 heavy (non-hydrogen) atoms. The van der Waals surface area contributed by atoms with Crippen molar-refractivity contribution in [3.05, 3.63) is 23.8 Å². The van der Waals surface area contributed by atoms with Gasteiger partial charge in [-0.15, -0.1) is 0 Å². The number of anilines is 1. The molecule has 1 aromatic rings. The van der Waals surface area contributed by atoms with E-state index in [1.54, 1.807) is 0 Å². The van der Waals surface area contributed by atoms with Gasteiger partial charge in [0.1, 0.15) is 5.75 Å². The highest BCUT2D eigenvalue weighted by Gasteiger charge is 2.02. The summed E-state index contributed by atoms with van der Waals surface area (Å²) in [5.41, 5.74) is 2.33. The predicted octanol–water partition coefficient (Wildman–Crippen LogP) is 3.21. The second-order valence-corrected chi connectivity index (χ2v) is 3.68. The van der Waals surface area contributed by atoms with Gasteiger partial charge in [-0.1, -0.05) is 0 Å². The van der Waals surface area contributed by atoms with Gasteiger partial charge in [-0.2, -0.15) is 0 Å². The van der Waals surface area contributed by atoms with Gasteiger partial charge in [-0.3, -0.25) is 0 Å². The van der Waals surface area contributed by atoms with Gasteiger partial charge in [0.25, 0.3) is 0 Å². The van der Waals surface area contributed by atoms with Crippen molar-refractivity contribution in [1.29, 1.82) is 0 Å². The highest BCUT2D eigenvalue weighted by atomic mass is 16.5. The van der Waals surface area contributed by atoms with E-state index in [1.807, 2.05) is 26.0 Å². The lowest BCUT2D eigenvalue weighted by atomic mass is 10.2. The molecule has 0 fully saturated rings. The predicted molar refractivity (Wildman–Crippen MR) is 61.1 cm³/mol. The molecule has 0 aliphatic rings. The summed E-state index contributed by atoms with van der Waals surface area (Å²) in [6.45, 7) is 9.19. The van der Waals surface area contributed by atoms with Crippen LogP contribution < -0.4 is 10.1 Å².